The lowest BCUT2D eigenvalue weighted by atomic mass is 9.44. The molecule has 192 valence electrons. The van der Waals surface area contributed by atoms with Gasteiger partial charge in [-0.05, 0) is 112 Å². The van der Waals surface area contributed by atoms with Crippen molar-refractivity contribution in [3.05, 3.63) is 10.4 Å². The summed E-state index contributed by atoms with van der Waals surface area (Å²) < 4.78 is 13.0. The zero-order chi connectivity index (χ0) is 24.5. The van der Waals surface area contributed by atoms with E-state index in [2.05, 4.69) is 50.4 Å². The standard InChI is InChI=1S/C27H47N3O3Si/c1-17(13-19(16-29-30-28)33-34(4,5)6)21-7-8-22-20-14-24-27(32-24)15-18(31)9-12-26(27,3)23(20)10-11-25(21,22)2/h17-24,31H,7-16H2,1-6H3/t17-,18?,19+,20?,21?,22?,23?,24?,25-,26-,27?/m0/s1. The zero-order valence-electron chi connectivity index (χ0n) is 22.3. The van der Waals surface area contributed by atoms with Gasteiger partial charge in [0.1, 0.15) is 5.60 Å². The number of azide groups is 1. The van der Waals surface area contributed by atoms with Crippen molar-refractivity contribution in [2.75, 3.05) is 6.54 Å². The minimum atomic E-state index is -1.70. The first kappa shape index (κ1) is 25.1. The lowest BCUT2D eigenvalue weighted by molar-refractivity contribution is -0.117. The van der Waals surface area contributed by atoms with Crippen molar-refractivity contribution in [1.82, 2.24) is 0 Å². The monoisotopic (exact) mass is 489 g/mol. The van der Waals surface area contributed by atoms with Gasteiger partial charge in [-0.1, -0.05) is 25.9 Å². The van der Waals surface area contributed by atoms with Crippen LogP contribution in [-0.2, 0) is 9.16 Å². The molecule has 11 atom stereocenters. The van der Waals surface area contributed by atoms with Crippen LogP contribution in [0.1, 0.15) is 78.6 Å². The fourth-order valence-electron chi connectivity index (χ4n) is 10.00. The first-order valence-electron chi connectivity index (χ1n) is 14.0. The number of hydrogen-bond acceptors (Lipinski definition) is 4. The summed E-state index contributed by atoms with van der Waals surface area (Å²) in [4.78, 5) is 3.02. The number of rotatable bonds is 7. The van der Waals surface area contributed by atoms with Gasteiger partial charge in [0.25, 0.3) is 0 Å². The highest BCUT2D eigenvalue weighted by Gasteiger charge is 2.76. The summed E-state index contributed by atoms with van der Waals surface area (Å²) in [5.74, 6) is 3.60. The fraction of sp³-hybridized carbons (Fsp3) is 1.00. The van der Waals surface area contributed by atoms with E-state index in [1.165, 1.54) is 32.1 Å². The van der Waals surface area contributed by atoms with E-state index < -0.39 is 8.32 Å². The molecule has 4 saturated carbocycles. The molecular weight excluding hydrogens is 442 g/mol. The number of hydrogen-bond donors (Lipinski definition) is 1. The minimum Gasteiger partial charge on any atom is -0.415 e. The predicted octanol–water partition coefficient (Wildman–Crippen LogP) is 6.69. The molecule has 7 heteroatoms. The van der Waals surface area contributed by atoms with Crippen molar-refractivity contribution in [3.63, 3.8) is 0 Å². The van der Waals surface area contributed by atoms with E-state index in [0.29, 0.717) is 29.9 Å². The van der Waals surface area contributed by atoms with Crippen LogP contribution in [0.25, 0.3) is 10.4 Å². The van der Waals surface area contributed by atoms with Crippen molar-refractivity contribution in [3.8, 4) is 0 Å². The lowest BCUT2D eigenvalue weighted by Crippen LogP contribution is -2.58. The van der Waals surface area contributed by atoms with E-state index in [1.807, 2.05) is 0 Å². The molecule has 1 heterocycles. The van der Waals surface area contributed by atoms with Gasteiger partial charge in [-0.2, -0.15) is 0 Å². The molecule has 5 rings (SSSR count). The maximum Gasteiger partial charge on any atom is 0.184 e. The first-order valence-corrected chi connectivity index (χ1v) is 17.4. The summed E-state index contributed by atoms with van der Waals surface area (Å²) in [5, 5.41) is 14.3. The number of ether oxygens (including phenoxy) is 1. The molecule has 7 unspecified atom stereocenters. The molecule has 0 aromatic rings. The highest BCUT2D eigenvalue weighted by atomic mass is 28.4. The number of fused-ring (bicyclic) bond motifs is 4. The topological polar surface area (TPSA) is 90.8 Å². The maximum atomic E-state index is 10.4. The third-order valence-electron chi connectivity index (χ3n) is 11.3. The largest absolute Gasteiger partial charge is 0.415 e. The molecule has 6 nitrogen and oxygen atoms in total. The quantitative estimate of drug-likeness (QED) is 0.142. The number of aliphatic hydroxyl groups excluding tert-OH is 1. The second-order valence-electron chi connectivity index (χ2n) is 14.1. The highest BCUT2D eigenvalue weighted by Crippen LogP contribution is 2.74. The van der Waals surface area contributed by atoms with Gasteiger partial charge in [0, 0.05) is 16.7 Å². The van der Waals surface area contributed by atoms with E-state index in [1.54, 1.807) is 0 Å². The van der Waals surface area contributed by atoms with Crippen LogP contribution >= 0.6 is 0 Å². The molecule has 0 aromatic carbocycles. The van der Waals surface area contributed by atoms with Gasteiger partial charge in [0.15, 0.2) is 8.32 Å². The summed E-state index contributed by atoms with van der Waals surface area (Å²) in [6, 6.07) is 0. The van der Waals surface area contributed by atoms with E-state index in [-0.39, 0.29) is 23.2 Å². The Kier molecular flexibility index (Phi) is 6.25. The van der Waals surface area contributed by atoms with Crippen LogP contribution in [0.3, 0.4) is 0 Å². The average Bonchev–Trinajstić information content (AvgIpc) is 3.31. The molecular formula is C27H47N3O3Si. The van der Waals surface area contributed by atoms with Crippen molar-refractivity contribution in [2.45, 2.75) is 122 Å². The van der Waals surface area contributed by atoms with Gasteiger partial charge in [0.05, 0.1) is 24.9 Å². The molecule has 1 spiro atoms. The molecule has 1 N–H and O–H groups in total. The molecule has 4 aliphatic carbocycles. The van der Waals surface area contributed by atoms with Gasteiger partial charge >= 0.3 is 0 Å². The zero-order valence-corrected chi connectivity index (χ0v) is 23.3. The molecule has 0 bridgehead atoms. The third-order valence-corrected chi connectivity index (χ3v) is 12.4. The second kappa shape index (κ2) is 8.48. The molecule has 0 radical (unpaired) electrons. The molecule has 5 fully saturated rings. The van der Waals surface area contributed by atoms with Crippen LogP contribution < -0.4 is 0 Å². The van der Waals surface area contributed by atoms with E-state index in [9.17, 15) is 5.11 Å². The van der Waals surface area contributed by atoms with Gasteiger partial charge in [-0.15, -0.1) is 0 Å². The van der Waals surface area contributed by atoms with Crippen molar-refractivity contribution in [1.29, 1.82) is 0 Å². The summed E-state index contributed by atoms with van der Waals surface area (Å²) >= 11 is 0. The van der Waals surface area contributed by atoms with Crippen LogP contribution in [0, 0.1) is 40.4 Å². The molecule has 0 amide bonds. The second-order valence-corrected chi connectivity index (χ2v) is 18.6. The Labute approximate surface area is 207 Å². The molecule has 0 aromatic heterocycles. The number of aliphatic hydroxyl groups is 1. The van der Waals surface area contributed by atoms with E-state index in [0.717, 1.165) is 43.4 Å². The number of nitrogens with zero attached hydrogens (tertiary/aromatic N) is 3. The van der Waals surface area contributed by atoms with Crippen LogP contribution in [0.15, 0.2) is 5.11 Å². The van der Waals surface area contributed by atoms with Crippen LogP contribution in [0.2, 0.25) is 19.6 Å². The van der Waals surface area contributed by atoms with Crippen molar-refractivity contribution < 1.29 is 14.3 Å². The molecule has 5 aliphatic rings. The number of epoxide rings is 1. The van der Waals surface area contributed by atoms with E-state index in [4.69, 9.17) is 14.7 Å². The molecule has 1 aliphatic heterocycles. The van der Waals surface area contributed by atoms with Gasteiger partial charge in [-0.3, -0.25) is 0 Å². The van der Waals surface area contributed by atoms with Crippen molar-refractivity contribution >= 4 is 8.32 Å². The summed E-state index contributed by atoms with van der Waals surface area (Å²) in [5.41, 5.74) is 9.51. The Hall–Kier alpha value is -0.593. The third kappa shape index (κ3) is 3.89. The molecule has 1 saturated heterocycles. The smallest absolute Gasteiger partial charge is 0.184 e. The average molecular weight is 490 g/mol. The maximum absolute atomic E-state index is 10.4. The minimum absolute atomic E-state index is 0.0203. The summed E-state index contributed by atoms with van der Waals surface area (Å²) in [7, 11) is -1.70. The Morgan fingerprint density at radius 3 is 2.62 bits per heavy atom. The Morgan fingerprint density at radius 2 is 1.91 bits per heavy atom. The Morgan fingerprint density at radius 1 is 1.15 bits per heavy atom. The highest BCUT2D eigenvalue weighted by molar-refractivity contribution is 6.69. The Balaban J connectivity index is 1.32. The van der Waals surface area contributed by atoms with Gasteiger partial charge in [-0.25, -0.2) is 0 Å². The van der Waals surface area contributed by atoms with Crippen LogP contribution in [-0.4, -0.2) is 43.9 Å². The Bertz CT molecular complexity index is 843. The summed E-state index contributed by atoms with van der Waals surface area (Å²) in [6.45, 7) is 14.7. The van der Waals surface area contributed by atoms with Gasteiger partial charge in [0.2, 0.25) is 0 Å². The fourth-order valence-corrected chi connectivity index (χ4v) is 11.2. The molecule has 34 heavy (non-hydrogen) atoms. The SMILES string of the molecule is C[C@@H](C[C@H](CN=[N+]=[N-])O[Si](C)(C)C)C1CCC2C3CC4OC45CC(O)CC[C@@]5(C)C3CC[C@]21C. The van der Waals surface area contributed by atoms with Crippen LogP contribution in [0.4, 0.5) is 0 Å². The van der Waals surface area contributed by atoms with Gasteiger partial charge < -0.3 is 14.3 Å². The first-order chi connectivity index (χ1) is 15.9. The summed E-state index contributed by atoms with van der Waals surface area (Å²) in [6.07, 6.45) is 10.7. The van der Waals surface area contributed by atoms with Crippen LogP contribution in [0.5, 0.6) is 0 Å². The van der Waals surface area contributed by atoms with Crippen molar-refractivity contribution in [2.24, 2.45) is 45.5 Å². The van der Waals surface area contributed by atoms with E-state index >= 15 is 0 Å². The predicted molar refractivity (Wildman–Crippen MR) is 137 cm³/mol. The normalized spacial score (nSPS) is 49.0. The lowest BCUT2D eigenvalue weighted by Gasteiger charge is -2.59.